The standard InChI is InChI=1S/C15H17N7O2S/c1-10-14(11(2)19-18-10)21-20-12-4-6-13(7-5-12)25(23,24)22-15-16-8-3-9-17-15/h3-9,20-21H,1-2H3,(H,18,19)(H,16,17,22). The lowest BCUT2D eigenvalue weighted by atomic mass is 10.3. The maximum atomic E-state index is 12.3. The van der Waals surface area contributed by atoms with E-state index in [9.17, 15) is 8.42 Å². The molecule has 0 saturated heterocycles. The number of nitrogens with one attached hydrogen (secondary N) is 4. The number of nitrogens with zero attached hydrogens (tertiary/aromatic N) is 3. The lowest BCUT2D eigenvalue weighted by Crippen LogP contribution is -2.15. The highest BCUT2D eigenvalue weighted by Gasteiger charge is 2.15. The van der Waals surface area contributed by atoms with Crippen molar-refractivity contribution in [1.82, 2.24) is 20.2 Å². The number of hydrazine groups is 1. The molecule has 0 atom stereocenters. The molecule has 0 unspecified atom stereocenters. The van der Waals surface area contributed by atoms with E-state index >= 15 is 0 Å². The van der Waals surface area contributed by atoms with Crippen LogP contribution in [-0.2, 0) is 10.0 Å². The Morgan fingerprint density at radius 2 is 1.68 bits per heavy atom. The van der Waals surface area contributed by atoms with Crippen molar-refractivity contribution in [2.45, 2.75) is 18.7 Å². The minimum atomic E-state index is -3.74. The molecule has 25 heavy (non-hydrogen) atoms. The topological polar surface area (TPSA) is 125 Å². The molecule has 10 heteroatoms. The second-order valence-electron chi connectivity index (χ2n) is 5.26. The van der Waals surface area contributed by atoms with Crippen LogP contribution in [0.2, 0.25) is 0 Å². The van der Waals surface area contributed by atoms with Gasteiger partial charge in [-0.05, 0) is 44.2 Å². The predicted molar refractivity (Wildman–Crippen MR) is 94.6 cm³/mol. The van der Waals surface area contributed by atoms with Crippen LogP contribution in [0.15, 0.2) is 47.6 Å². The molecule has 0 bridgehead atoms. The molecule has 3 rings (SSSR count). The Kier molecular flexibility index (Phi) is 4.52. The number of hydrogen-bond donors (Lipinski definition) is 4. The van der Waals surface area contributed by atoms with Gasteiger partial charge < -0.3 is 5.43 Å². The number of anilines is 3. The molecule has 130 valence electrons. The molecule has 0 radical (unpaired) electrons. The number of hydrogen-bond acceptors (Lipinski definition) is 7. The van der Waals surface area contributed by atoms with Crippen molar-refractivity contribution in [1.29, 1.82) is 0 Å². The molecule has 0 saturated carbocycles. The van der Waals surface area contributed by atoms with E-state index in [1.54, 1.807) is 18.2 Å². The van der Waals surface area contributed by atoms with Gasteiger partial charge in [0, 0.05) is 12.4 Å². The minimum absolute atomic E-state index is 0.0253. The zero-order valence-corrected chi connectivity index (χ0v) is 14.4. The van der Waals surface area contributed by atoms with Crippen molar-refractivity contribution >= 4 is 27.3 Å². The molecule has 0 fully saturated rings. The van der Waals surface area contributed by atoms with Crippen LogP contribution in [0, 0.1) is 13.8 Å². The van der Waals surface area contributed by atoms with Crippen molar-refractivity contribution in [3.05, 3.63) is 54.1 Å². The highest BCUT2D eigenvalue weighted by molar-refractivity contribution is 7.92. The zero-order chi connectivity index (χ0) is 17.9. The number of aryl methyl sites for hydroxylation is 2. The quantitative estimate of drug-likeness (QED) is 0.496. The van der Waals surface area contributed by atoms with Crippen LogP contribution in [0.4, 0.5) is 17.3 Å². The summed E-state index contributed by atoms with van der Waals surface area (Å²) < 4.78 is 26.9. The van der Waals surface area contributed by atoms with Crippen LogP contribution < -0.4 is 15.6 Å². The van der Waals surface area contributed by atoms with E-state index in [1.165, 1.54) is 24.5 Å². The fourth-order valence-electron chi connectivity index (χ4n) is 2.12. The lowest BCUT2D eigenvalue weighted by molar-refractivity contribution is 0.601. The van der Waals surface area contributed by atoms with Crippen LogP contribution >= 0.6 is 0 Å². The Morgan fingerprint density at radius 3 is 2.28 bits per heavy atom. The SMILES string of the molecule is Cc1n[nH]c(C)c1NNc1ccc(S(=O)(=O)Nc2ncccn2)cc1. The summed E-state index contributed by atoms with van der Waals surface area (Å²) in [5.41, 5.74) is 9.33. The minimum Gasteiger partial charge on any atom is -0.301 e. The second kappa shape index (κ2) is 6.77. The summed E-state index contributed by atoms with van der Waals surface area (Å²) in [7, 11) is -3.74. The Balaban J connectivity index is 1.69. The highest BCUT2D eigenvalue weighted by atomic mass is 32.2. The van der Waals surface area contributed by atoms with E-state index < -0.39 is 10.0 Å². The van der Waals surface area contributed by atoms with Crippen LogP contribution in [0.3, 0.4) is 0 Å². The van der Waals surface area contributed by atoms with Gasteiger partial charge in [0.05, 0.1) is 27.7 Å². The fraction of sp³-hybridized carbons (Fsp3) is 0.133. The van der Waals surface area contributed by atoms with Crippen molar-refractivity contribution in [3.63, 3.8) is 0 Å². The molecule has 1 aromatic carbocycles. The van der Waals surface area contributed by atoms with Crippen LogP contribution in [0.1, 0.15) is 11.4 Å². The van der Waals surface area contributed by atoms with E-state index in [0.717, 1.165) is 17.1 Å². The molecule has 0 spiro atoms. The Bertz CT molecular complexity index is 934. The Hall–Kier alpha value is -3.14. The van der Waals surface area contributed by atoms with Crippen molar-refractivity contribution in [3.8, 4) is 0 Å². The van der Waals surface area contributed by atoms with Crippen molar-refractivity contribution in [2.24, 2.45) is 0 Å². The fourth-order valence-corrected chi connectivity index (χ4v) is 3.08. The maximum absolute atomic E-state index is 12.3. The van der Waals surface area contributed by atoms with E-state index in [4.69, 9.17) is 0 Å². The Labute approximate surface area is 144 Å². The van der Waals surface area contributed by atoms with Gasteiger partial charge in [-0.15, -0.1) is 0 Å². The first kappa shape index (κ1) is 16.7. The molecule has 2 aromatic heterocycles. The third-order valence-electron chi connectivity index (χ3n) is 3.42. The maximum Gasteiger partial charge on any atom is 0.264 e. The molecule has 0 aliphatic carbocycles. The second-order valence-corrected chi connectivity index (χ2v) is 6.94. The normalized spacial score (nSPS) is 11.1. The molecular formula is C15H17N7O2S. The number of H-pyrrole nitrogens is 1. The van der Waals surface area contributed by atoms with Gasteiger partial charge in [0.15, 0.2) is 0 Å². The molecule has 2 heterocycles. The summed E-state index contributed by atoms with van der Waals surface area (Å²) in [5.74, 6) is 0.0253. The van der Waals surface area contributed by atoms with Crippen LogP contribution in [-0.4, -0.2) is 28.6 Å². The molecular weight excluding hydrogens is 342 g/mol. The largest absolute Gasteiger partial charge is 0.301 e. The highest BCUT2D eigenvalue weighted by Crippen LogP contribution is 2.19. The van der Waals surface area contributed by atoms with Crippen LogP contribution in [0.25, 0.3) is 0 Å². The van der Waals surface area contributed by atoms with Gasteiger partial charge >= 0.3 is 0 Å². The van der Waals surface area contributed by atoms with E-state index in [-0.39, 0.29) is 10.8 Å². The molecule has 4 N–H and O–H groups in total. The summed E-state index contributed by atoms with van der Waals surface area (Å²) in [6.45, 7) is 3.78. The van der Waals surface area contributed by atoms with Gasteiger partial charge in [-0.1, -0.05) is 0 Å². The van der Waals surface area contributed by atoms with Gasteiger partial charge in [-0.3, -0.25) is 10.5 Å². The predicted octanol–water partition coefficient (Wildman–Crippen LogP) is 2.06. The third-order valence-corrected chi connectivity index (χ3v) is 4.76. The summed E-state index contributed by atoms with van der Waals surface area (Å²) >= 11 is 0. The molecule has 9 nitrogen and oxygen atoms in total. The summed E-state index contributed by atoms with van der Waals surface area (Å²) in [5, 5.41) is 6.96. The molecule has 0 aliphatic heterocycles. The number of aromatic amines is 1. The van der Waals surface area contributed by atoms with Gasteiger partial charge in [0.1, 0.15) is 0 Å². The van der Waals surface area contributed by atoms with Crippen molar-refractivity contribution in [2.75, 3.05) is 15.6 Å². The number of sulfonamides is 1. The monoisotopic (exact) mass is 359 g/mol. The van der Waals surface area contributed by atoms with Crippen LogP contribution in [0.5, 0.6) is 0 Å². The number of rotatable bonds is 6. The first-order valence-electron chi connectivity index (χ1n) is 7.39. The number of benzene rings is 1. The first-order valence-corrected chi connectivity index (χ1v) is 8.87. The summed E-state index contributed by atoms with van der Waals surface area (Å²) in [4.78, 5) is 7.81. The smallest absolute Gasteiger partial charge is 0.264 e. The van der Waals surface area contributed by atoms with E-state index in [1.807, 2.05) is 13.8 Å². The molecule has 0 aliphatic rings. The first-order chi connectivity index (χ1) is 12.0. The molecule has 3 aromatic rings. The summed E-state index contributed by atoms with van der Waals surface area (Å²) in [6.07, 6.45) is 2.92. The van der Waals surface area contributed by atoms with Gasteiger partial charge in [0.2, 0.25) is 5.95 Å². The van der Waals surface area contributed by atoms with Gasteiger partial charge in [-0.2, -0.15) is 5.10 Å². The summed E-state index contributed by atoms with van der Waals surface area (Å²) in [6, 6.07) is 7.89. The van der Waals surface area contributed by atoms with Gasteiger partial charge in [0.25, 0.3) is 10.0 Å². The zero-order valence-electron chi connectivity index (χ0n) is 13.6. The average molecular weight is 359 g/mol. The average Bonchev–Trinajstić information content (AvgIpc) is 2.92. The molecule has 0 amide bonds. The lowest BCUT2D eigenvalue weighted by Gasteiger charge is -2.11. The Morgan fingerprint density at radius 1 is 1.00 bits per heavy atom. The van der Waals surface area contributed by atoms with Gasteiger partial charge in [-0.25, -0.2) is 23.1 Å². The van der Waals surface area contributed by atoms with E-state index in [2.05, 4.69) is 35.7 Å². The van der Waals surface area contributed by atoms with Crippen molar-refractivity contribution < 1.29 is 8.42 Å². The third kappa shape index (κ3) is 3.86. The number of aromatic nitrogens is 4. The van der Waals surface area contributed by atoms with E-state index in [0.29, 0.717) is 5.69 Å².